The van der Waals surface area contributed by atoms with Crippen LogP contribution in [0.15, 0.2) is 35.9 Å². The number of aryl methyl sites for hydroxylation is 1. The molecule has 1 heterocycles. The van der Waals surface area contributed by atoms with Gasteiger partial charge in [0.25, 0.3) is 0 Å². The third-order valence-electron chi connectivity index (χ3n) is 6.77. The predicted molar refractivity (Wildman–Crippen MR) is 99.0 cm³/mol. The Balaban J connectivity index is 1.72. The Morgan fingerprint density at radius 2 is 1.72 bits per heavy atom. The molecule has 132 valence electrons. The van der Waals surface area contributed by atoms with Gasteiger partial charge >= 0.3 is 0 Å². The Morgan fingerprint density at radius 3 is 2.32 bits per heavy atom. The van der Waals surface area contributed by atoms with Crippen LogP contribution in [0.1, 0.15) is 39.7 Å². The van der Waals surface area contributed by atoms with Gasteiger partial charge in [0.2, 0.25) is 11.8 Å². The van der Waals surface area contributed by atoms with Gasteiger partial charge in [-0.25, -0.2) is 0 Å². The zero-order valence-corrected chi connectivity index (χ0v) is 15.5. The van der Waals surface area contributed by atoms with E-state index in [1.165, 1.54) is 16.0 Å². The smallest absolute Gasteiger partial charge is 0.238 e. The van der Waals surface area contributed by atoms with E-state index in [9.17, 15) is 9.59 Å². The van der Waals surface area contributed by atoms with Gasteiger partial charge in [-0.15, -0.1) is 0 Å². The van der Waals surface area contributed by atoms with Gasteiger partial charge in [-0.2, -0.15) is 0 Å². The highest BCUT2D eigenvalue weighted by atomic mass is 16.2. The van der Waals surface area contributed by atoms with Crippen LogP contribution in [0.2, 0.25) is 0 Å². The molecule has 0 N–H and O–H groups in total. The third kappa shape index (κ3) is 2.32. The van der Waals surface area contributed by atoms with Gasteiger partial charge < -0.3 is 0 Å². The van der Waals surface area contributed by atoms with Crippen molar-refractivity contribution in [1.29, 1.82) is 0 Å². The van der Waals surface area contributed by atoms with Crippen molar-refractivity contribution >= 4 is 17.5 Å². The van der Waals surface area contributed by atoms with Gasteiger partial charge in [0, 0.05) is 0 Å². The molecule has 2 unspecified atom stereocenters. The molecule has 0 radical (unpaired) electrons. The van der Waals surface area contributed by atoms with E-state index in [2.05, 4.69) is 33.8 Å². The molecule has 2 bridgehead atoms. The van der Waals surface area contributed by atoms with E-state index in [1.54, 1.807) is 0 Å². The summed E-state index contributed by atoms with van der Waals surface area (Å²) in [5.41, 5.74) is 3.27. The normalized spacial score (nSPS) is 33.9. The molecule has 4 aliphatic rings. The molecule has 1 aliphatic heterocycles. The highest BCUT2D eigenvalue weighted by molar-refractivity contribution is 6.22. The summed E-state index contributed by atoms with van der Waals surface area (Å²) in [6, 6.07) is 7.89. The summed E-state index contributed by atoms with van der Waals surface area (Å²) < 4.78 is 0. The number of rotatable bonds is 3. The number of hydrogen-bond donors (Lipinski definition) is 0. The number of anilines is 1. The maximum atomic E-state index is 13.2. The quantitative estimate of drug-likeness (QED) is 0.612. The Morgan fingerprint density at radius 1 is 1.08 bits per heavy atom. The second-order valence-electron chi connectivity index (χ2n) is 8.32. The van der Waals surface area contributed by atoms with Crippen LogP contribution in [0.5, 0.6) is 0 Å². The Labute approximate surface area is 150 Å². The molecule has 5 rings (SSSR count). The summed E-state index contributed by atoms with van der Waals surface area (Å²) in [6.45, 7) is 8.73. The predicted octanol–water partition coefficient (Wildman–Crippen LogP) is 4.22. The highest BCUT2D eigenvalue weighted by Gasteiger charge is 2.60. The largest absolute Gasteiger partial charge is 0.274 e. The average Bonchev–Trinajstić information content (AvgIpc) is 2.87. The zero-order valence-electron chi connectivity index (χ0n) is 15.5. The standard InChI is InChI=1S/C22H27NO2/c1-5-14-6-8-15(9-7-14)23-21(24)19-17-11-16(12(2)3)18(10-13(17)4)20(19)22(23)25/h6-10,12,16-20H,5,11H2,1-4H3/t16-,17?,18?,19+,20-/m0/s1. The van der Waals surface area contributed by atoms with Crippen LogP contribution in [0.25, 0.3) is 0 Å². The summed E-state index contributed by atoms with van der Waals surface area (Å²) in [5, 5.41) is 0. The molecule has 25 heavy (non-hydrogen) atoms. The molecular formula is C22H27NO2. The van der Waals surface area contributed by atoms with Crippen molar-refractivity contribution in [2.45, 2.75) is 40.5 Å². The molecule has 3 aliphatic carbocycles. The van der Waals surface area contributed by atoms with E-state index in [0.717, 1.165) is 18.5 Å². The van der Waals surface area contributed by atoms with Crippen LogP contribution in [0.3, 0.4) is 0 Å². The van der Waals surface area contributed by atoms with Crippen LogP contribution >= 0.6 is 0 Å². The summed E-state index contributed by atoms with van der Waals surface area (Å²) >= 11 is 0. The van der Waals surface area contributed by atoms with Gasteiger partial charge in [0.15, 0.2) is 0 Å². The maximum Gasteiger partial charge on any atom is 0.238 e. The Kier molecular flexibility index (Phi) is 3.86. The SMILES string of the molecule is CCc1ccc(N2C(=O)[C@@H]3C4C[C@@H](C(C)C)C(C=C4C)[C@@H]3C2=O)cc1. The molecule has 0 spiro atoms. The van der Waals surface area contributed by atoms with Crippen LogP contribution in [0, 0.1) is 35.5 Å². The van der Waals surface area contributed by atoms with Crippen LogP contribution < -0.4 is 4.90 Å². The molecular weight excluding hydrogens is 310 g/mol. The number of fused-ring (bicyclic) bond motifs is 1. The second kappa shape index (κ2) is 5.82. The number of amides is 2. The molecule has 1 aromatic rings. The van der Waals surface area contributed by atoms with E-state index in [1.807, 2.05) is 24.3 Å². The van der Waals surface area contributed by atoms with Gasteiger partial charge in [-0.05, 0) is 61.1 Å². The lowest BCUT2D eigenvalue weighted by Crippen LogP contribution is -2.46. The fraction of sp³-hybridized carbons (Fsp3) is 0.545. The first-order valence-electron chi connectivity index (χ1n) is 9.59. The number of carbonyl (C=O) groups is 2. The minimum absolute atomic E-state index is 0.0170. The average molecular weight is 337 g/mol. The van der Waals surface area contributed by atoms with Crippen LogP contribution in [0.4, 0.5) is 5.69 Å². The highest BCUT2D eigenvalue weighted by Crippen LogP contribution is 2.56. The Hall–Kier alpha value is -1.90. The lowest BCUT2D eigenvalue weighted by Gasteiger charge is -2.48. The zero-order chi connectivity index (χ0) is 17.9. The van der Waals surface area contributed by atoms with Crippen molar-refractivity contribution in [2.75, 3.05) is 4.90 Å². The molecule has 0 aromatic heterocycles. The number of allylic oxidation sites excluding steroid dienone is 2. The number of hydrogen-bond acceptors (Lipinski definition) is 2. The lowest BCUT2D eigenvalue weighted by atomic mass is 9.54. The Bertz CT molecular complexity index is 746. The second-order valence-corrected chi connectivity index (χ2v) is 8.32. The number of nitrogens with zero attached hydrogens (tertiary/aromatic N) is 1. The molecule has 3 nitrogen and oxygen atoms in total. The summed E-state index contributed by atoms with van der Waals surface area (Å²) in [7, 11) is 0. The van der Waals surface area contributed by atoms with Crippen molar-refractivity contribution in [1.82, 2.24) is 0 Å². The first-order chi connectivity index (χ1) is 11.9. The first kappa shape index (κ1) is 16.6. The third-order valence-corrected chi connectivity index (χ3v) is 6.77. The summed E-state index contributed by atoms with van der Waals surface area (Å²) in [5.74, 6) is 1.22. The van der Waals surface area contributed by atoms with Gasteiger partial charge in [-0.3, -0.25) is 14.5 Å². The van der Waals surface area contributed by atoms with Crippen molar-refractivity contribution in [2.24, 2.45) is 35.5 Å². The maximum absolute atomic E-state index is 13.2. The van der Waals surface area contributed by atoms with Crippen LogP contribution in [-0.2, 0) is 16.0 Å². The molecule has 3 heteroatoms. The molecule has 1 saturated heterocycles. The number of benzene rings is 1. The fourth-order valence-corrected chi connectivity index (χ4v) is 5.38. The molecule has 5 atom stereocenters. The van der Waals surface area contributed by atoms with Crippen molar-refractivity contribution in [3.05, 3.63) is 41.5 Å². The van der Waals surface area contributed by atoms with Crippen molar-refractivity contribution in [3.8, 4) is 0 Å². The lowest BCUT2D eigenvalue weighted by molar-refractivity contribution is -0.127. The van der Waals surface area contributed by atoms with Crippen molar-refractivity contribution < 1.29 is 9.59 Å². The first-order valence-corrected chi connectivity index (χ1v) is 9.59. The monoisotopic (exact) mass is 337 g/mol. The van der Waals surface area contributed by atoms with E-state index in [0.29, 0.717) is 11.8 Å². The van der Waals surface area contributed by atoms with Gasteiger partial charge in [0.05, 0.1) is 17.5 Å². The summed E-state index contributed by atoms with van der Waals surface area (Å²) in [6.07, 6.45) is 4.30. The number of carbonyl (C=O) groups excluding carboxylic acids is 2. The summed E-state index contributed by atoms with van der Waals surface area (Å²) in [4.78, 5) is 27.9. The van der Waals surface area contributed by atoms with E-state index in [4.69, 9.17) is 0 Å². The molecule has 2 amide bonds. The van der Waals surface area contributed by atoms with E-state index in [-0.39, 0.29) is 35.5 Å². The van der Waals surface area contributed by atoms with E-state index < -0.39 is 0 Å². The minimum atomic E-state index is -0.159. The minimum Gasteiger partial charge on any atom is -0.274 e. The fourth-order valence-electron chi connectivity index (χ4n) is 5.38. The van der Waals surface area contributed by atoms with Gasteiger partial charge in [0.1, 0.15) is 0 Å². The van der Waals surface area contributed by atoms with Crippen LogP contribution in [-0.4, -0.2) is 11.8 Å². The number of imide groups is 1. The van der Waals surface area contributed by atoms with E-state index >= 15 is 0 Å². The van der Waals surface area contributed by atoms with Crippen molar-refractivity contribution in [3.63, 3.8) is 0 Å². The molecule has 1 aromatic carbocycles. The van der Waals surface area contributed by atoms with Gasteiger partial charge in [-0.1, -0.05) is 44.6 Å². The molecule has 2 fully saturated rings. The topological polar surface area (TPSA) is 37.4 Å². The molecule has 1 saturated carbocycles.